The molecule has 12 nitrogen and oxygen atoms in total. The first-order valence-electron chi connectivity index (χ1n) is 12.3. The highest BCUT2D eigenvalue weighted by molar-refractivity contribution is 5.94. The number of phenols is 1. The number of carboxylic acids is 1. The second-order valence-corrected chi connectivity index (χ2v) is 9.49. The number of carboxylic acid groups (broad SMARTS) is 1. The Kier molecular flexibility index (Phi) is 9.61. The second-order valence-electron chi connectivity index (χ2n) is 9.49. The minimum absolute atomic E-state index is 0.00619. The van der Waals surface area contributed by atoms with Gasteiger partial charge in [0.15, 0.2) is 0 Å². The molecule has 1 saturated heterocycles. The quantitative estimate of drug-likeness (QED) is 0.204. The summed E-state index contributed by atoms with van der Waals surface area (Å²) >= 11 is 0. The Morgan fingerprint density at radius 2 is 1.76 bits per heavy atom. The first kappa shape index (κ1) is 27.7. The highest BCUT2D eigenvalue weighted by Gasteiger charge is 2.33. The monoisotopic (exact) mass is 514 g/mol. The maximum atomic E-state index is 13.4. The van der Waals surface area contributed by atoms with Crippen LogP contribution in [0.1, 0.15) is 37.9 Å². The summed E-state index contributed by atoms with van der Waals surface area (Å²) in [6.07, 6.45) is 4.52. The lowest BCUT2D eigenvalue weighted by molar-refractivity contribution is -0.142. The van der Waals surface area contributed by atoms with E-state index in [0.717, 1.165) is 6.42 Å². The van der Waals surface area contributed by atoms with Crippen molar-refractivity contribution in [1.82, 2.24) is 31.2 Å². The molecule has 1 aromatic carbocycles. The van der Waals surface area contributed by atoms with Gasteiger partial charge in [-0.2, -0.15) is 0 Å². The topological polar surface area (TPSA) is 186 Å². The van der Waals surface area contributed by atoms with Crippen LogP contribution >= 0.6 is 0 Å². The van der Waals surface area contributed by atoms with Gasteiger partial charge in [-0.05, 0) is 43.0 Å². The molecule has 3 amide bonds. The summed E-state index contributed by atoms with van der Waals surface area (Å²) in [5, 5.41) is 30.2. The van der Waals surface area contributed by atoms with E-state index in [2.05, 4.69) is 31.2 Å². The molecule has 2 heterocycles. The van der Waals surface area contributed by atoms with Crippen LogP contribution in [0.2, 0.25) is 0 Å². The van der Waals surface area contributed by atoms with Crippen molar-refractivity contribution in [3.63, 3.8) is 0 Å². The Morgan fingerprint density at radius 3 is 2.32 bits per heavy atom. The molecule has 1 aromatic heterocycles. The predicted octanol–water partition coefficient (Wildman–Crippen LogP) is -0.152. The summed E-state index contributed by atoms with van der Waals surface area (Å²) in [6, 6.07) is 2.60. The standard InChI is InChI=1S/C25H34N6O6/c1-14(2)21(24(35)30-20(25(36)37)11-16-12-26-13-28-16)31-23(34)19(10-15-5-7-17(32)8-6-15)29-22(33)18-4-3-9-27-18/h5-8,12-14,18-21,27,32H,3-4,9-11H2,1-2H3,(H,26,28)(H,29,33)(H,30,35)(H,31,34)(H,36,37). The van der Waals surface area contributed by atoms with E-state index < -0.39 is 42.0 Å². The van der Waals surface area contributed by atoms with Gasteiger partial charge in [-0.3, -0.25) is 14.4 Å². The van der Waals surface area contributed by atoms with Gasteiger partial charge in [0.2, 0.25) is 17.7 Å². The molecule has 1 fully saturated rings. The van der Waals surface area contributed by atoms with Crippen LogP contribution in [0.4, 0.5) is 0 Å². The highest BCUT2D eigenvalue weighted by atomic mass is 16.4. The van der Waals surface area contributed by atoms with Gasteiger partial charge in [0.25, 0.3) is 0 Å². The molecule has 200 valence electrons. The van der Waals surface area contributed by atoms with Gasteiger partial charge >= 0.3 is 5.97 Å². The van der Waals surface area contributed by atoms with E-state index in [0.29, 0.717) is 24.2 Å². The first-order chi connectivity index (χ1) is 17.6. The summed E-state index contributed by atoms with van der Waals surface area (Å²) in [6.45, 7) is 4.17. The van der Waals surface area contributed by atoms with Crippen LogP contribution in [0.15, 0.2) is 36.8 Å². The van der Waals surface area contributed by atoms with E-state index in [9.17, 15) is 29.4 Å². The molecule has 0 bridgehead atoms. The van der Waals surface area contributed by atoms with Gasteiger partial charge in [0.05, 0.1) is 12.4 Å². The maximum Gasteiger partial charge on any atom is 0.326 e. The summed E-state index contributed by atoms with van der Waals surface area (Å²) in [4.78, 5) is 57.6. The van der Waals surface area contributed by atoms with Crippen molar-refractivity contribution < 1.29 is 29.4 Å². The number of imidazole rings is 1. The fraction of sp³-hybridized carbons (Fsp3) is 0.480. The van der Waals surface area contributed by atoms with E-state index in [1.54, 1.807) is 26.0 Å². The third-order valence-electron chi connectivity index (χ3n) is 6.23. The van der Waals surface area contributed by atoms with E-state index in [1.807, 2.05) is 0 Å². The van der Waals surface area contributed by atoms with Gasteiger partial charge in [-0.15, -0.1) is 0 Å². The number of carbonyl (C=O) groups excluding carboxylic acids is 3. The van der Waals surface area contributed by atoms with Crippen molar-refractivity contribution in [2.75, 3.05) is 6.54 Å². The zero-order valence-corrected chi connectivity index (χ0v) is 20.9. The number of hydrogen-bond acceptors (Lipinski definition) is 7. The van der Waals surface area contributed by atoms with Crippen LogP contribution in [-0.4, -0.2) is 74.6 Å². The van der Waals surface area contributed by atoms with Gasteiger partial charge in [0.1, 0.15) is 23.9 Å². The number of hydrogen-bond donors (Lipinski definition) is 7. The Morgan fingerprint density at radius 1 is 1.03 bits per heavy atom. The molecule has 7 N–H and O–H groups in total. The van der Waals surface area contributed by atoms with Gasteiger partial charge in [0, 0.05) is 24.7 Å². The van der Waals surface area contributed by atoms with Crippen LogP contribution in [0, 0.1) is 5.92 Å². The number of aromatic nitrogens is 2. The lowest BCUT2D eigenvalue weighted by atomic mass is 10.00. The number of rotatable bonds is 12. The molecule has 0 aliphatic carbocycles. The van der Waals surface area contributed by atoms with Gasteiger partial charge < -0.3 is 36.5 Å². The molecular weight excluding hydrogens is 480 g/mol. The first-order valence-corrected chi connectivity index (χ1v) is 12.3. The zero-order chi connectivity index (χ0) is 26.9. The third kappa shape index (κ3) is 8.04. The van der Waals surface area contributed by atoms with Crippen molar-refractivity contribution in [1.29, 1.82) is 0 Å². The molecule has 0 saturated carbocycles. The molecule has 3 rings (SSSR count). The van der Waals surface area contributed by atoms with Crippen LogP contribution in [0.25, 0.3) is 0 Å². The van der Waals surface area contributed by atoms with E-state index in [1.165, 1.54) is 24.7 Å². The number of benzene rings is 1. The third-order valence-corrected chi connectivity index (χ3v) is 6.23. The minimum Gasteiger partial charge on any atom is -0.508 e. The number of phenolic OH excluding ortho intramolecular Hbond substituents is 1. The molecule has 4 atom stereocenters. The molecule has 4 unspecified atom stereocenters. The van der Waals surface area contributed by atoms with Crippen molar-refractivity contribution in [3.05, 3.63) is 48.0 Å². The van der Waals surface area contributed by atoms with Crippen molar-refractivity contribution in [3.8, 4) is 5.75 Å². The highest BCUT2D eigenvalue weighted by Crippen LogP contribution is 2.13. The summed E-state index contributed by atoms with van der Waals surface area (Å²) in [7, 11) is 0. The van der Waals surface area contributed by atoms with Gasteiger partial charge in [-0.1, -0.05) is 26.0 Å². The fourth-order valence-corrected chi connectivity index (χ4v) is 4.12. The van der Waals surface area contributed by atoms with Crippen molar-refractivity contribution in [2.45, 2.75) is 63.7 Å². The molecule has 37 heavy (non-hydrogen) atoms. The Balaban J connectivity index is 1.73. The predicted molar refractivity (Wildman–Crippen MR) is 133 cm³/mol. The number of aliphatic carboxylic acids is 1. The van der Waals surface area contributed by atoms with Crippen LogP contribution in [-0.2, 0) is 32.0 Å². The largest absolute Gasteiger partial charge is 0.508 e. The number of aromatic amines is 1. The zero-order valence-electron chi connectivity index (χ0n) is 20.9. The molecule has 0 spiro atoms. The lowest BCUT2D eigenvalue weighted by Crippen LogP contribution is -2.59. The smallest absolute Gasteiger partial charge is 0.326 e. The number of nitrogens with one attached hydrogen (secondary N) is 5. The van der Waals surface area contributed by atoms with Crippen LogP contribution < -0.4 is 21.3 Å². The SMILES string of the molecule is CC(C)C(NC(=O)C(Cc1ccc(O)cc1)NC(=O)C1CCCN1)C(=O)NC(Cc1cnc[nH]1)C(=O)O. The number of amides is 3. The Labute approximate surface area is 214 Å². The summed E-state index contributed by atoms with van der Waals surface area (Å²) in [5.41, 5.74) is 1.24. The van der Waals surface area contributed by atoms with E-state index in [4.69, 9.17) is 0 Å². The number of nitrogens with zero attached hydrogens (tertiary/aromatic N) is 1. The number of carbonyl (C=O) groups is 4. The van der Waals surface area contributed by atoms with Gasteiger partial charge in [-0.25, -0.2) is 9.78 Å². The normalized spacial score (nSPS) is 17.5. The Bertz CT molecular complexity index is 1070. The second kappa shape index (κ2) is 12.9. The fourth-order valence-electron chi connectivity index (χ4n) is 4.12. The maximum absolute atomic E-state index is 13.4. The number of H-pyrrole nitrogens is 1. The minimum atomic E-state index is -1.23. The van der Waals surface area contributed by atoms with E-state index in [-0.39, 0.29) is 30.4 Å². The summed E-state index contributed by atoms with van der Waals surface area (Å²) < 4.78 is 0. The van der Waals surface area contributed by atoms with E-state index >= 15 is 0 Å². The van der Waals surface area contributed by atoms with Crippen LogP contribution in [0.5, 0.6) is 5.75 Å². The number of aromatic hydroxyl groups is 1. The molecule has 12 heteroatoms. The molecular formula is C25H34N6O6. The average Bonchev–Trinajstić information content (AvgIpc) is 3.57. The molecule has 1 aliphatic rings. The average molecular weight is 515 g/mol. The molecule has 2 aromatic rings. The molecule has 0 radical (unpaired) electrons. The summed E-state index contributed by atoms with van der Waals surface area (Å²) in [5.74, 6) is -3.06. The van der Waals surface area contributed by atoms with Crippen LogP contribution in [0.3, 0.4) is 0 Å². The van der Waals surface area contributed by atoms with Crippen molar-refractivity contribution in [2.24, 2.45) is 5.92 Å². The lowest BCUT2D eigenvalue weighted by Gasteiger charge is -2.27. The van der Waals surface area contributed by atoms with Crippen molar-refractivity contribution >= 4 is 23.7 Å². The Hall–Kier alpha value is -3.93. The molecule has 1 aliphatic heterocycles.